The van der Waals surface area contributed by atoms with Crippen LogP contribution in [0.2, 0.25) is 0 Å². The van der Waals surface area contributed by atoms with E-state index in [0.29, 0.717) is 19.0 Å². The molecule has 0 atom stereocenters. The van der Waals surface area contributed by atoms with Gasteiger partial charge in [0.2, 0.25) is 0 Å². The lowest BCUT2D eigenvalue weighted by Gasteiger charge is -2.32. The molecule has 4 aromatic rings. The number of aromatic carboxylic acids is 1. The summed E-state index contributed by atoms with van der Waals surface area (Å²) in [5.41, 5.74) is 2.08. The van der Waals surface area contributed by atoms with E-state index in [4.69, 9.17) is 0 Å². The maximum atomic E-state index is 13.4. The number of carbonyl (C=O) groups is 3. The van der Waals surface area contributed by atoms with Gasteiger partial charge in [0.1, 0.15) is 11.3 Å². The van der Waals surface area contributed by atoms with Gasteiger partial charge in [0.05, 0.1) is 28.4 Å². The molecular formula is C24H23N5O5. The number of benzene rings is 1. The smallest absolute Gasteiger partial charge is 0.416 e. The molecule has 34 heavy (non-hydrogen) atoms. The van der Waals surface area contributed by atoms with Gasteiger partial charge in [-0.1, -0.05) is 6.07 Å². The van der Waals surface area contributed by atoms with E-state index < -0.39 is 12.1 Å². The highest BCUT2D eigenvalue weighted by Gasteiger charge is 2.29. The fraction of sp³-hybridized carbons (Fsp3) is 0.292. The molecule has 0 spiro atoms. The van der Waals surface area contributed by atoms with Crippen molar-refractivity contribution in [2.45, 2.75) is 26.3 Å². The number of amides is 1. The fourth-order valence-electron chi connectivity index (χ4n) is 4.87. The first kappa shape index (κ1) is 21.6. The number of carboxylic acid groups (broad SMARTS) is 2. The number of piperidine rings is 1. The molecule has 1 aliphatic rings. The summed E-state index contributed by atoms with van der Waals surface area (Å²) in [5, 5.41) is 19.3. The van der Waals surface area contributed by atoms with Crippen LogP contribution in [0.15, 0.2) is 42.9 Å². The Hall–Kier alpha value is -4.21. The van der Waals surface area contributed by atoms with Gasteiger partial charge in [-0.05, 0) is 43.9 Å². The van der Waals surface area contributed by atoms with Crippen molar-refractivity contribution in [2.75, 3.05) is 13.1 Å². The number of aryl methyl sites for hydroxylation is 1. The second kappa shape index (κ2) is 8.29. The molecule has 4 heterocycles. The van der Waals surface area contributed by atoms with Gasteiger partial charge in [-0.2, -0.15) is 0 Å². The van der Waals surface area contributed by atoms with Gasteiger partial charge < -0.3 is 19.7 Å². The minimum absolute atomic E-state index is 0.0901. The zero-order chi connectivity index (χ0) is 24.0. The number of hydrogen-bond acceptors (Lipinski definition) is 5. The summed E-state index contributed by atoms with van der Waals surface area (Å²) in [7, 11) is 0. The molecule has 2 N–H and O–H groups in total. The molecule has 5 rings (SSSR count). The van der Waals surface area contributed by atoms with Crippen molar-refractivity contribution in [2.24, 2.45) is 5.92 Å². The molecule has 0 saturated carbocycles. The van der Waals surface area contributed by atoms with E-state index in [1.807, 2.05) is 13.0 Å². The number of carbonyl (C=O) groups excluding carboxylic acids is 1. The van der Waals surface area contributed by atoms with Crippen LogP contribution in [0.4, 0.5) is 4.79 Å². The SMILES string of the molecule is Cc1nc2cnccc2n1CC1CCN(C(=O)c2cn(C(=O)O)c3cccc(C(=O)O)c23)CC1. The standard InChI is InChI=1S/C24H23N5O5/c1-14-26-18-11-25-8-5-19(18)28(14)12-15-6-9-27(10-7-15)22(30)17-13-29(24(33)34)20-4-2-3-16(21(17)20)23(31)32/h2-5,8,11,13,15H,6-7,9-10,12H2,1H3,(H,31,32)(H,33,34). The van der Waals surface area contributed by atoms with Gasteiger partial charge in [-0.15, -0.1) is 0 Å². The lowest BCUT2D eigenvalue weighted by molar-refractivity contribution is 0.0684. The van der Waals surface area contributed by atoms with E-state index in [1.54, 1.807) is 17.3 Å². The lowest BCUT2D eigenvalue weighted by Crippen LogP contribution is -2.39. The van der Waals surface area contributed by atoms with Crippen LogP contribution in [0.5, 0.6) is 0 Å². The number of aromatic nitrogens is 4. The number of nitrogens with zero attached hydrogens (tertiary/aromatic N) is 5. The first-order valence-corrected chi connectivity index (χ1v) is 11.0. The average molecular weight is 461 g/mol. The first-order valence-electron chi connectivity index (χ1n) is 11.0. The summed E-state index contributed by atoms with van der Waals surface area (Å²) in [6.07, 6.45) is 5.00. The third-order valence-electron chi connectivity index (χ3n) is 6.58. The lowest BCUT2D eigenvalue weighted by atomic mass is 9.95. The number of likely N-dealkylation sites (tertiary alicyclic amines) is 1. The number of hydrogen-bond donors (Lipinski definition) is 2. The first-order chi connectivity index (χ1) is 16.3. The molecule has 1 aliphatic heterocycles. The zero-order valence-corrected chi connectivity index (χ0v) is 18.5. The van der Waals surface area contributed by atoms with E-state index in [2.05, 4.69) is 14.5 Å². The highest BCUT2D eigenvalue weighted by atomic mass is 16.4. The normalized spacial score (nSPS) is 14.7. The molecule has 0 bridgehead atoms. The van der Waals surface area contributed by atoms with Crippen molar-refractivity contribution >= 4 is 39.9 Å². The largest absolute Gasteiger partial charge is 0.478 e. The molecule has 3 aromatic heterocycles. The van der Waals surface area contributed by atoms with Crippen LogP contribution in [0.3, 0.4) is 0 Å². The number of rotatable bonds is 4. The Morgan fingerprint density at radius 3 is 2.53 bits per heavy atom. The van der Waals surface area contributed by atoms with Crippen LogP contribution < -0.4 is 0 Å². The molecule has 10 heteroatoms. The number of pyridine rings is 1. The molecule has 0 aliphatic carbocycles. The monoisotopic (exact) mass is 461 g/mol. The summed E-state index contributed by atoms with van der Waals surface area (Å²) in [4.78, 5) is 47.2. The number of carboxylic acids is 1. The van der Waals surface area contributed by atoms with Crippen LogP contribution in [0.25, 0.3) is 21.9 Å². The quantitative estimate of drug-likeness (QED) is 0.476. The van der Waals surface area contributed by atoms with Gasteiger partial charge in [0.25, 0.3) is 5.91 Å². The molecule has 0 radical (unpaired) electrons. The van der Waals surface area contributed by atoms with E-state index in [-0.39, 0.29) is 27.9 Å². The molecular weight excluding hydrogens is 438 g/mol. The minimum atomic E-state index is -1.27. The Kier molecular flexibility index (Phi) is 5.27. The van der Waals surface area contributed by atoms with Gasteiger partial charge in [-0.3, -0.25) is 14.3 Å². The predicted molar refractivity (Wildman–Crippen MR) is 123 cm³/mol. The van der Waals surface area contributed by atoms with Gasteiger partial charge >= 0.3 is 12.1 Å². The second-order valence-corrected chi connectivity index (χ2v) is 8.57. The van der Waals surface area contributed by atoms with Crippen molar-refractivity contribution in [1.82, 2.24) is 24.0 Å². The maximum Gasteiger partial charge on any atom is 0.416 e. The van der Waals surface area contributed by atoms with Gasteiger partial charge in [-0.25, -0.2) is 14.6 Å². The van der Waals surface area contributed by atoms with Crippen molar-refractivity contribution in [3.63, 3.8) is 0 Å². The van der Waals surface area contributed by atoms with Crippen LogP contribution in [-0.4, -0.2) is 65.3 Å². The van der Waals surface area contributed by atoms with Crippen LogP contribution in [-0.2, 0) is 6.54 Å². The maximum absolute atomic E-state index is 13.4. The third-order valence-corrected chi connectivity index (χ3v) is 6.58. The second-order valence-electron chi connectivity index (χ2n) is 8.57. The van der Waals surface area contributed by atoms with Crippen molar-refractivity contribution < 1.29 is 24.6 Å². The average Bonchev–Trinajstić information content (AvgIpc) is 3.37. The Morgan fingerprint density at radius 2 is 1.82 bits per heavy atom. The summed E-state index contributed by atoms with van der Waals surface area (Å²) in [5.74, 6) is -0.292. The van der Waals surface area contributed by atoms with Crippen LogP contribution in [0.1, 0.15) is 39.4 Å². The van der Waals surface area contributed by atoms with E-state index in [1.165, 1.54) is 24.4 Å². The van der Waals surface area contributed by atoms with Crippen LogP contribution >= 0.6 is 0 Å². The van der Waals surface area contributed by atoms with Crippen molar-refractivity contribution in [1.29, 1.82) is 0 Å². The number of imidazole rings is 1. The predicted octanol–water partition coefficient (Wildman–Crippen LogP) is 3.47. The summed E-state index contributed by atoms with van der Waals surface area (Å²) in [6.45, 7) is 3.77. The molecule has 1 aromatic carbocycles. The fourth-order valence-corrected chi connectivity index (χ4v) is 4.87. The van der Waals surface area contributed by atoms with E-state index in [9.17, 15) is 24.6 Å². The molecule has 1 amide bonds. The van der Waals surface area contributed by atoms with Crippen LogP contribution in [0, 0.1) is 12.8 Å². The topological polar surface area (TPSA) is 131 Å². The van der Waals surface area contributed by atoms with Crippen molar-refractivity contribution in [3.8, 4) is 0 Å². The summed E-state index contributed by atoms with van der Waals surface area (Å²) < 4.78 is 3.09. The van der Waals surface area contributed by atoms with E-state index in [0.717, 1.165) is 40.8 Å². The molecule has 0 unspecified atom stereocenters. The Bertz CT molecular complexity index is 1450. The third kappa shape index (κ3) is 3.57. The highest BCUT2D eigenvalue weighted by Crippen LogP contribution is 2.29. The number of fused-ring (bicyclic) bond motifs is 2. The zero-order valence-electron chi connectivity index (χ0n) is 18.5. The highest BCUT2D eigenvalue weighted by molar-refractivity contribution is 6.15. The van der Waals surface area contributed by atoms with Gasteiger partial charge in [0.15, 0.2) is 0 Å². The molecule has 1 fully saturated rings. The minimum Gasteiger partial charge on any atom is -0.478 e. The Labute approximate surface area is 194 Å². The Balaban J connectivity index is 1.38. The molecule has 1 saturated heterocycles. The van der Waals surface area contributed by atoms with Crippen molar-refractivity contribution in [3.05, 3.63) is 59.8 Å². The summed E-state index contributed by atoms with van der Waals surface area (Å²) in [6, 6.07) is 6.31. The van der Waals surface area contributed by atoms with Gasteiger partial charge in [0, 0.05) is 37.4 Å². The molecule has 174 valence electrons. The Morgan fingerprint density at radius 1 is 1.06 bits per heavy atom. The molecule has 10 nitrogen and oxygen atoms in total. The van der Waals surface area contributed by atoms with E-state index >= 15 is 0 Å². The summed E-state index contributed by atoms with van der Waals surface area (Å²) >= 11 is 0.